The van der Waals surface area contributed by atoms with Gasteiger partial charge in [0.1, 0.15) is 0 Å². The largest absolute Gasteiger partial charge is 0.618 e. The molecule has 0 spiro atoms. The molecule has 2 heterocycles. The molecule has 0 radical (unpaired) electrons. The summed E-state index contributed by atoms with van der Waals surface area (Å²) in [6, 6.07) is 29.1. The van der Waals surface area contributed by atoms with Crippen molar-refractivity contribution in [2.75, 3.05) is 12.3 Å². The Morgan fingerprint density at radius 1 is 0.930 bits per heavy atom. The third-order valence-corrected chi connectivity index (χ3v) is 8.70. The van der Waals surface area contributed by atoms with Crippen molar-refractivity contribution < 1.29 is 24.1 Å². The number of nitrogens with zero attached hydrogens (tertiary/aromatic N) is 1. The first kappa shape index (κ1) is 30.6. The second-order valence-corrected chi connectivity index (χ2v) is 11.5. The molecule has 1 aliphatic heterocycles. The van der Waals surface area contributed by atoms with Crippen molar-refractivity contribution in [1.29, 1.82) is 0 Å². The lowest BCUT2D eigenvalue weighted by atomic mass is 9.91. The first-order valence-corrected chi connectivity index (χ1v) is 15.5. The summed E-state index contributed by atoms with van der Waals surface area (Å²) in [5, 5.41) is 28.1. The number of pyridine rings is 1. The molecule has 0 unspecified atom stereocenters. The number of urea groups is 1. The van der Waals surface area contributed by atoms with E-state index < -0.39 is 6.29 Å². The van der Waals surface area contributed by atoms with E-state index >= 15 is 0 Å². The summed E-state index contributed by atoms with van der Waals surface area (Å²) in [5.41, 5.74) is 5.81. The number of carbonyl (C=O) groups excluding carboxylic acids is 1. The molecule has 3 aromatic carbocycles. The number of thioether (sulfide) groups is 1. The molecule has 3 N–H and O–H groups in total. The highest BCUT2D eigenvalue weighted by molar-refractivity contribution is 7.99. The van der Waals surface area contributed by atoms with Crippen LogP contribution < -0.4 is 15.4 Å². The third-order valence-electron chi connectivity index (χ3n) is 7.60. The Morgan fingerprint density at radius 2 is 1.65 bits per heavy atom. The Hall–Kier alpha value is -3.89. The maximum absolute atomic E-state index is 12.3. The third kappa shape index (κ3) is 7.55. The highest BCUT2D eigenvalue weighted by atomic mass is 32.2. The van der Waals surface area contributed by atoms with Gasteiger partial charge in [0.25, 0.3) is 5.03 Å². The summed E-state index contributed by atoms with van der Waals surface area (Å²) in [6.07, 6.45) is 0.462. The Balaban J connectivity index is 1.37. The van der Waals surface area contributed by atoms with Gasteiger partial charge in [0, 0.05) is 42.5 Å². The van der Waals surface area contributed by atoms with Crippen LogP contribution in [-0.4, -0.2) is 29.5 Å². The fourth-order valence-corrected chi connectivity index (χ4v) is 6.26. The standard InChI is InChI=1S/C34H37N3O5S/c1-3-35-34(39)36-20-28-8-4-5-9-29(28)25-15-17-27(18-16-25)33-41-30(22-43-31-10-6-7-19-37(31)40)23(2)32(42-33)26-13-11-24(21-38)12-14-26/h4-19,23,30,32-33,38H,3,20-22H2,1-2H3,(H2,35,36,39)/t23-,30+,32+,33+/m1/s1. The van der Waals surface area contributed by atoms with Gasteiger partial charge in [0.15, 0.2) is 12.5 Å². The molecule has 1 aromatic heterocycles. The fraction of sp³-hybridized carbons (Fsp3) is 0.294. The van der Waals surface area contributed by atoms with E-state index in [2.05, 4.69) is 17.6 Å². The lowest BCUT2D eigenvalue weighted by molar-refractivity contribution is -0.645. The number of rotatable bonds is 10. The Labute approximate surface area is 256 Å². The van der Waals surface area contributed by atoms with Gasteiger partial charge in [0.05, 0.1) is 18.8 Å². The predicted octanol–water partition coefficient (Wildman–Crippen LogP) is 5.88. The number of aliphatic hydroxyl groups excluding tert-OH is 1. The zero-order chi connectivity index (χ0) is 30.2. The molecule has 1 saturated heterocycles. The lowest BCUT2D eigenvalue weighted by Gasteiger charge is -2.41. The van der Waals surface area contributed by atoms with Gasteiger partial charge in [-0.05, 0) is 40.8 Å². The summed E-state index contributed by atoms with van der Waals surface area (Å²) < 4.78 is 14.0. The van der Waals surface area contributed by atoms with E-state index in [9.17, 15) is 15.1 Å². The highest BCUT2D eigenvalue weighted by Gasteiger charge is 2.38. The Kier molecular flexibility index (Phi) is 10.3. The van der Waals surface area contributed by atoms with Crippen LogP contribution in [0.3, 0.4) is 0 Å². The minimum atomic E-state index is -0.608. The molecule has 8 nitrogen and oxygen atoms in total. The van der Waals surface area contributed by atoms with Crippen LogP contribution in [0.15, 0.2) is 102 Å². The molecular weight excluding hydrogens is 562 g/mol. The van der Waals surface area contributed by atoms with Crippen molar-refractivity contribution in [2.45, 2.75) is 50.5 Å². The first-order chi connectivity index (χ1) is 21.0. The molecule has 0 aliphatic carbocycles. The number of nitrogens with one attached hydrogen (secondary N) is 2. The van der Waals surface area contributed by atoms with E-state index in [1.54, 1.807) is 6.07 Å². The number of carbonyl (C=O) groups is 1. The minimum Gasteiger partial charge on any atom is -0.618 e. The first-order valence-electron chi connectivity index (χ1n) is 14.5. The second kappa shape index (κ2) is 14.5. The lowest BCUT2D eigenvalue weighted by Crippen LogP contribution is -2.39. The molecule has 4 atom stereocenters. The van der Waals surface area contributed by atoms with Crippen molar-refractivity contribution in [3.8, 4) is 11.1 Å². The van der Waals surface area contributed by atoms with Crippen molar-refractivity contribution >= 4 is 17.8 Å². The van der Waals surface area contributed by atoms with E-state index in [0.717, 1.165) is 38.1 Å². The summed E-state index contributed by atoms with van der Waals surface area (Å²) in [6.45, 7) is 4.96. The van der Waals surface area contributed by atoms with E-state index in [4.69, 9.17) is 9.47 Å². The average Bonchev–Trinajstić information content (AvgIpc) is 3.04. The number of benzene rings is 3. The normalized spacial score (nSPS) is 20.0. The zero-order valence-corrected chi connectivity index (χ0v) is 25.1. The smallest absolute Gasteiger partial charge is 0.315 e. The molecule has 9 heteroatoms. The molecule has 43 heavy (non-hydrogen) atoms. The molecule has 224 valence electrons. The van der Waals surface area contributed by atoms with Gasteiger partial charge in [-0.15, -0.1) is 0 Å². The highest BCUT2D eigenvalue weighted by Crippen LogP contribution is 2.43. The van der Waals surface area contributed by atoms with Crippen molar-refractivity contribution in [3.63, 3.8) is 0 Å². The summed E-state index contributed by atoms with van der Waals surface area (Å²) >= 11 is 1.47. The topological polar surface area (TPSA) is 107 Å². The van der Waals surface area contributed by atoms with E-state index in [0.29, 0.717) is 23.9 Å². The minimum absolute atomic E-state index is 0.0103. The van der Waals surface area contributed by atoms with Gasteiger partial charge in [-0.25, -0.2) is 4.79 Å². The number of hydrogen-bond donors (Lipinski definition) is 3. The Morgan fingerprint density at radius 3 is 2.37 bits per heavy atom. The number of aromatic nitrogens is 1. The van der Waals surface area contributed by atoms with Crippen LogP contribution in [0, 0.1) is 11.1 Å². The summed E-state index contributed by atoms with van der Waals surface area (Å²) in [7, 11) is 0. The van der Waals surface area contributed by atoms with Crippen LogP contribution >= 0.6 is 11.8 Å². The van der Waals surface area contributed by atoms with E-state index in [1.165, 1.54) is 18.0 Å². The van der Waals surface area contributed by atoms with Gasteiger partial charge in [-0.3, -0.25) is 0 Å². The predicted molar refractivity (Wildman–Crippen MR) is 167 cm³/mol. The van der Waals surface area contributed by atoms with Crippen molar-refractivity contribution in [1.82, 2.24) is 10.6 Å². The van der Waals surface area contributed by atoms with Gasteiger partial charge >= 0.3 is 6.03 Å². The molecule has 4 aromatic rings. The van der Waals surface area contributed by atoms with Gasteiger partial charge in [0.2, 0.25) is 0 Å². The van der Waals surface area contributed by atoms with E-state index in [-0.39, 0.29) is 30.8 Å². The maximum atomic E-state index is 12.3. The van der Waals surface area contributed by atoms with Gasteiger partial charge < -0.3 is 30.4 Å². The van der Waals surface area contributed by atoms with Crippen LogP contribution in [-0.2, 0) is 22.6 Å². The van der Waals surface area contributed by atoms with Crippen LogP contribution in [0.25, 0.3) is 11.1 Å². The second-order valence-electron chi connectivity index (χ2n) is 10.5. The molecular formula is C34H37N3O5S. The fourth-order valence-electron chi connectivity index (χ4n) is 5.18. The SMILES string of the molecule is CCNC(=O)NCc1ccccc1-c1ccc([C@H]2O[C@@H](CSc3cccc[n+]3[O-])[C@@H](C)[C@@H](c3ccc(CO)cc3)O2)cc1. The van der Waals surface area contributed by atoms with Crippen molar-refractivity contribution in [2.24, 2.45) is 5.92 Å². The number of hydrogen-bond acceptors (Lipinski definition) is 6. The Bertz CT molecular complexity index is 1500. The zero-order valence-electron chi connectivity index (χ0n) is 24.3. The molecule has 1 aliphatic rings. The van der Waals surface area contributed by atoms with Crippen LogP contribution in [0.1, 0.15) is 48.5 Å². The molecule has 2 amide bonds. The number of amides is 2. The van der Waals surface area contributed by atoms with Gasteiger partial charge in [-0.1, -0.05) is 91.5 Å². The van der Waals surface area contributed by atoms with E-state index in [1.807, 2.05) is 91.9 Å². The quantitative estimate of drug-likeness (QED) is 0.119. The van der Waals surface area contributed by atoms with Crippen LogP contribution in [0.2, 0.25) is 0 Å². The van der Waals surface area contributed by atoms with Crippen molar-refractivity contribution in [3.05, 3.63) is 125 Å². The summed E-state index contributed by atoms with van der Waals surface area (Å²) in [5.74, 6) is 0.596. The molecule has 0 saturated carbocycles. The molecule has 5 rings (SSSR count). The maximum Gasteiger partial charge on any atom is 0.315 e. The monoisotopic (exact) mass is 599 g/mol. The average molecular weight is 600 g/mol. The van der Waals surface area contributed by atoms with Crippen LogP contribution in [0.5, 0.6) is 0 Å². The number of aliphatic hydroxyl groups is 1. The van der Waals surface area contributed by atoms with Gasteiger partial charge in [-0.2, -0.15) is 4.73 Å². The molecule has 1 fully saturated rings. The number of ether oxygens (including phenoxy) is 2. The molecule has 0 bridgehead atoms. The summed E-state index contributed by atoms with van der Waals surface area (Å²) in [4.78, 5) is 12.0. The van der Waals surface area contributed by atoms with Crippen LogP contribution in [0.4, 0.5) is 4.79 Å².